The number of carbonyl (C=O) groups excluding carboxylic acids is 2. The molecule has 8 heteroatoms. The third-order valence-electron chi connectivity index (χ3n) is 7.23. The highest BCUT2D eigenvalue weighted by Crippen LogP contribution is 2.20. The van der Waals surface area contributed by atoms with E-state index in [0.717, 1.165) is 59.7 Å². The van der Waals surface area contributed by atoms with Crippen molar-refractivity contribution >= 4 is 35.7 Å². The van der Waals surface area contributed by atoms with Crippen molar-refractivity contribution in [3.8, 4) is 11.5 Å². The normalized spacial score (nSPS) is 11.1. The van der Waals surface area contributed by atoms with E-state index in [1.807, 2.05) is 72.8 Å². The van der Waals surface area contributed by atoms with E-state index in [0.29, 0.717) is 37.2 Å². The second-order valence-corrected chi connectivity index (χ2v) is 11.1. The lowest BCUT2D eigenvalue weighted by Gasteiger charge is -2.07. The van der Waals surface area contributed by atoms with Gasteiger partial charge in [-0.1, -0.05) is 51.0 Å². The van der Waals surface area contributed by atoms with Crippen molar-refractivity contribution in [2.45, 2.75) is 52.4 Å². The zero-order valence-electron chi connectivity index (χ0n) is 27.8. The topological polar surface area (TPSA) is 95.8 Å². The van der Waals surface area contributed by atoms with Gasteiger partial charge in [0.15, 0.2) is 0 Å². The molecule has 0 saturated heterocycles. The van der Waals surface area contributed by atoms with Gasteiger partial charge < -0.3 is 18.9 Å². The molecular weight excluding hydrogens is 604 g/mol. The summed E-state index contributed by atoms with van der Waals surface area (Å²) in [5.74, 6) is 0.876. The number of rotatable bonds is 19. The van der Waals surface area contributed by atoms with Gasteiger partial charge in [-0.25, -0.2) is 9.59 Å². The van der Waals surface area contributed by atoms with E-state index in [-0.39, 0.29) is 13.2 Å². The predicted molar refractivity (Wildman–Crippen MR) is 191 cm³/mol. The molecule has 0 heterocycles. The van der Waals surface area contributed by atoms with Crippen LogP contribution in [0.15, 0.2) is 107 Å². The average molecular weight is 649 g/mol. The maximum atomic E-state index is 12.4. The highest BCUT2D eigenvalue weighted by atomic mass is 16.5. The lowest BCUT2D eigenvalue weighted by molar-refractivity contribution is 0.0432. The second-order valence-electron chi connectivity index (χ2n) is 11.1. The molecule has 8 nitrogen and oxygen atoms in total. The van der Waals surface area contributed by atoms with Crippen LogP contribution in [0, 0.1) is 0 Å². The van der Waals surface area contributed by atoms with Crippen LogP contribution in [0.2, 0.25) is 0 Å². The van der Waals surface area contributed by atoms with Gasteiger partial charge in [0.25, 0.3) is 0 Å². The van der Waals surface area contributed by atoms with Crippen LogP contribution in [0.25, 0.3) is 0 Å². The summed E-state index contributed by atoms with van der Waals surface area (Å²) in [5, 5.41) is 0. The van der Waals surface area contributed by atoms with Crippen LogP contribution in [-0.4, -0.2) is 50.8 Å². The first-order valence-corrected chi connectivity index (χ1v) is 16.6. The summed E-state index contributed by atoms with van der Waals surface area (Å²) in [6.45, 7) is 6.16. The summed E-state index contributed by atoms with van der Waals surface area (Å²) in [7, 11) is 0. The Morgan fingerprint density at radius 1 is 0.500 bits per heavy atom. The van der Waals surface area contributed by atoms with Crippen molar-refractivity contribution in [2.75, 3.05) is 26.4 Å². The van der Waals surface area contributed by atoms with Crippen molar-refractivity contribution in [2.24, 2.45) is 9.98 Å². The molecule has 0 aliphatic carbocycles. The lowest BCUT2D eigenvalue weighted by atomic mass is 10.1. The number of esters is 2. The molecular formula is C40H44N2O6. The molecule has 0 radical (unpaired) electrons. The molecule has 0 unspecified atom stereocenters. The number of carbonyl (C=O) groups is 2. The number of hydrogen-bond acceptors (Lipinski definition) is 8. The molecule has 0 aliphatic heterocycles. The van der Waals surface area contributed by atoms with Gasteiger partial charge in [0.1, 0.15) is 11.5 Å². The van der Waals surface area contributed by atoms with Gasteiger partial charge in [0, 0.05) is 12.4 Å². The van der Waals surface area contributed by atoms with E-state index in [9.17, 15) is 9.59 Å². The Kier molecular flexibility index (Phi) is 14.9. The van der Waals surface area contributed by atoms with Crippen LogP contribution in [0.4, 0.5) is 11.4 Å². The maximum absolute atomic E-state index is 12.4. The molecule has 0 atom stereocenters. The van der Waals surface area contributed by atoms with E-state index >= 15 is 0 Å². The molecule has 0 N–H and O–H groups in total. The molecule has 250 valence electrons. The van der Waals surface area contributed by atoms with E-state index < -0.39 is 11.9 Å². The largest absolute Gasteiger partial charge is 0.494 e. The zero-order chi connectivity index (χ0) is 33.8. The van der Waals surface area contributed by atoms with Crippen LogP contribution in [0.1, 0.15) is 84.2 Å². The first kappa shape index (κ1) is 35.6. The van der Waals surface area contributed by atoms with Gasteiger partial charge in [0.05, 0.1) is 48.9 Å². The summed E-state index contributed by atoms with van der Waals surface area (Å²) >= 11 is 0. The number of benzene rings is 4. The van der Waals surface area contributed by atoms with Crippen LogP contribution in [0.5, 0.6) is 11.5 Å². The minimum Gasteiger partial charge on any atom is -0.494 e. The number of ether oxygens (including phenoxy) is 4. The van der Waals surface area contributed by atoms with Gasteiger partial charge in [-0.2, -0.15) is 0 Å². The van der Waals surface area contributed by atoms with E-state index in [2.05, 4.69) is 23.8 Å². The SMILES string of the molecule is CCCCOc1ccc(N=Cc2ccc(C(=O)OCCCCOC(=O)c3ccc(C=Nc4ccc(OCCCC)cc4)cc3)cc2)cc1. The quantitative estimate of drug-likeness (QED) is 0.0571. The fourth-order valence-electron chi connectivity index (χ4n) is 4.33. The highest BCUT2D eigenvalue weighted by Gasteiger charge is 2.09. The molecule has 4 rings (SSSR count). The summed E-state index contributed by atoms with van der Waals surface area (Å²) in [6.07, 6.45) is 8.91. The molecule has 0 saturated carbocycles. The number of unbranched alkanes of at least 4 members (excludes halogenated alkanes) is 3. The Morgan fingerprint density at radius 2 is 0.875 bits per heavy atom. The Bertz CT molecular complexity index is 1470. The van der Waals surface area contributed by atoms with Crippen LogP contribution in [0.3, 0.4) is 0 Å². The smallest absolute Gasteiger partial charge is 0.338 e. The predicted octanol–water partition coefficient (Wildman–Crippen LogP) is 9.34. The molecule has 48 heavy (non-hydrogen) atoms. The highest BCUT2D eigenvalue weighted by molar-refractivity contribution is 5.92. The molecule has 0 amide bonds. The molecule has 4 aromatic rings. The third-order valence-corrected chi connectivity index (χ3v) is 7.23. The fourth-order valence-corrected chi connectivity index (χ4v) is 4.33. The van der Waals surface area contributed by atoms with Crippen LogP contribution >= 0.6 is 0 Å². The van der Waals surface area contributed by atoms with Crippen molar-refractivity contribution in [1.29, 1.82) is 0 Å². The Morgan fingerprint density at radius 3 is 1.23 bits per heavy atom. The fraction of sp³-hybridized carbons (Fsp3) is 0.300. The van der Waals surface area contributed by atoms with Crippen molar-refractivity contribution in [3.05, 3.63) is 119 Å². The van der Waals surface area contributed by atoms with Gasteiger partial charge >= 0.3 is 11.9 Å². The van der Waals surface area contributed by atoms with E-state index in [1.165, 1.54) is 0 Å². The Balaban J connectivity index is 1.10. The molecule has 0 aromatic heterocycles. The Hall–Kier alpha value is -5.24. The van der Waals surface area contributed by atoms with Crippen molar-refractivity contribution in [1.82, 2.24) is 0 Å². The van der Waals surface area contributed by atoms with Crippen molar-refractivity contribution in [3.63, 3.8) is 0 Å². The first-order valence-electron chi connectivity index (χ1n) is 16.6. The summed E-state index contributed by atoms with van der Waals surface area (Å²) in [6, 6.07) is 29.4. The van der Waals surface area contributed by atoms with Gasteiger partial charge in [-0.15, -0.1) is 0 Å². The average Bonchev–Trinajstić information content (AvgIpc) is 3.13. The second kappa shape index (κ2) is 20.1. The third kappa shape index (κ3) is 12.5. The summed E-state index contributed by atoms with van der Waals surface area (Å²) in [5.41, 5.74) is 4.30. The van der Waals surface area contributed by atoms with Gasteiger partial charge in [0.2, 0.25) is 0 Å². The zero-order valence-corrected chi connectivity index (χ0v) is 27.8. The van der Waals surface area contributed by atoms with E-state index in [4.69, 9.17) is 18.9 Å². The molecule has 0 fully saturated rings. The van der Waals surface area contributed by atoms with Gasteiger partial charge in [-0.3, -0.25) is 9.98 Å². The Labute approximate surface area is 283 Å². The number of aliphatic imine (C=N–C) groups is 2. The van der Waals surface area contributed by atoms with Crippen LogP contribution in [-0.2, 0) is 9.47 Å². The lowest BCUT2D eigenvalue weighted by Crippen LogP contribution is -2.09. The maximum Gasteiger partial charge on any atom is 0.338 e. The molecule has 4 aromatic carbocycles. The molecule has 0 aliphatic rings. The summed E-state index contributed by atoms with van der Waals surface area (Å²) < 4.78 is 22.1. The summed E-state index contributed by atoms with van der Waals surface area (Å²) in [4.78, 5) is 33.8. The minimum atomic E-state index is -0.397. The van der Waals surface area contributed by atoms with E-state index in [1.54, 1.807) is 36.7 Å². The van der Waals surface area contributed by atoms with Crippen LogP contribution < -0.4 is 9.47 Å². The molecule has 0 spiro atoms. The standard InChI is InChI=1S/C40H44N2O6/c1-3-5-25-45-37-21-17-35(18-22-37)41-29-31-9-13-33(14-10-31)39(43)47-27-7-8-28-48-40(44)34-15-11-32(12-16-34)30-42-36-19-23-38(24-20-36)46-26-6-4-2/h9-24,29-30H,3-8,25-28H2,1-2H3. The monoisotopic (exact) mass is 648 g/mol. The minimum absolute atomic E-state index is 0.236. The first-order chi connectivity index (χ1) is 23.5. The number of nitrogens with zero attached hydrogens (tertiary/aromatic N) is 2. The number of hydrogen-bond donors (Lipinski definition) is 0. The van der Waals surface area contributed by atoms with Crippen molar-refractivity contribution < 1.29 is 28.5 Å². The molecule has 0 bridgehead atoms. The van der Waals surface area contributed by atoms with Gasteiger partial charge in [-0.05, 0) is 110 Å².